The first kappa shape index (κ1) is 19.2. The number of carbonyl (C=O) groups is 1. The number of rotatable bonds is 4. The van der Waals surface area contributed by atoms with Crippen molar-refractivity contribution >= 4 is 45.5 Å². The summed E-state index contributed by atoms with van der Waals surface area (Å²) < 4.78 is 5.83. The normalized spacial score (nSPS) is 17.6. The third-order valence-corrected chi connectivity index (χ3v) is 4.70. The molecule has 0 aliphatic carbocycles. The molecule has 0 atom stereocenters. The van der Waals surface area contributed by atoms with E-state index >= 15 is 0 Å². The Morgan fingerprint density at radius 3 is 2.81 bits per heavy atom. The molecule has 1 aliphatic rings. The van der Waals surface area contributed by atoms with Crippen LogP contribution in [0.15, 0.2) is 34.3 Å². The molecular weight excluding hydrogens is 360 g/mol. The van der Waals surface area contributed by atoms with Crippen molar-refractivity contribution in [2.45, 2.75) is 33.2 Å². The van der Waals surface area contributed by atoms with E-state index in [2.05, 4.69) is 20.6 Å². The summed E-state index contributed by atoms with van der Waals surface area (Å²) >= 11 is 1.36. The van der Waals surface area contributed by atoms with Crippen molar-refractivity contribution in [2.24, 2.45) is 4.99 Å². The Hall–Kier alpha value is -2.54. The van der Waals surface area contributed by atoms with Crippen molar-refractivity contribution in [3.8, 4) is 5.75 Å². The number of thioether (sulfide) groups is 1. The molecule has 1 saturated heterocycles. The number of amidine groups is 1. The van der Waals surface area contributed by atoms with Gasteiger partial charge in [-0.15, -0.1) is 0 Å². The van der Waals surface area contributed by atoms with Crippen LogP contribution in [0.3, 0.4) is 0 Å². The highest BCUT2D eigenvalue weighted by atomic mass is 32.2. The number of nitrogens with one attached hydrogen (secondary N) is 2. The molecule has 1 aromatic carbocycles. The number of ether oxygens (including phenoxy) is 1. The molecule has 0 unspecified atom stereocenters. The number of benzene rings is 1. The van der Waals surface area contributed by atoms with Gasteiger partial charge in [-0.05, 0) is 63.2 Å². The molecule has 0 saturated carbocycles. The lowest BCUT2D eigenvalue weighted by Gasteiger charge is -2.12. The van der Waals surface area contributed by atoms with Crippen LogP contribution >= 0.6 is 11.8 Å². The van der Waals surface area contributed by atoms with E-state index in [9.17, 15) is 4.79 Å². The molecule has 0 spiro atoms. The minimum atomic E-state index is -0.240. The number of aliphatic imine (C=N–C) groups is 1. The predicted molar refractivity (Wildman–Crippen MR) is 113 cm³/mol. The molecule has 7 heteroatoms. The van der Waals surface area contributed by atoms with Crippen LogP contribution in [-0.2, 0) is 4.79 Å². The van der Waals surface area contributed by atoms with E-state index in [0.717, 1.165) is 27.9 Å². The first-order valence-electron chi connectivity index (χ1n) is 8.85. The maximum Gasteiger partial charge on any atom is 0.264 e. The molecule has 1 amide bonds. The Morgan fingerprint density at radius 2 is 2.15 bits per heavy atom. The average molecular weight is 385 g/mol. The van der Waals surface area contributed by atoms with E-state index in [1.807, 2.05) is 59.0 Å². The first-order chi connectivity index (χ1) is 12.8. The smallest absolute Gasteiger partial charge is 0.264 e. The fraction of sp³-hybridized carbons (Fsp3) is 0.350. The van der Waals surface area contributed by atoms with E-state index in [-0.39, 0.29) is 11.4 Å². The van der Waals surface area contributed by atoms with Gasteiger partial charge in [0.25, 0.3) is 5.91 Å². The van der Waals surface area contributed by atoms with Gasteiger partial charge in [0.15, 0.2) is 10.9 Å². The van der Waals surface area contributed by atoms with E-state index < -0.39 is 0 Å². The largest absolute Gasteiger partial charge is 0.491 e. The third-order valence-electron chi connectivity index (χ3n) is 3.79. The summed E-state index contributed by atoms with van der Waals surface area (Å²) in [6.07, 6.45) is 3.63. The Morgan fingerprint density at radius 1 is 1.37 bits per heavy atom. The molecule has 1 aliphatic heterocycles. The number of anilines is 1. The highest BCUT2D eigenvalue weighted by Crippen LogP contribution is 2.34. The fourth-order valence-electron chi connectivity index (χ4n) is 2.69. The van der Waals surface area contributed by atoms with E-state index in [0.29, 0.717) is 16.7 Å². The Bertz CT molecular complexity index is 945. The molecule has 0 radical (unpaired) electrons. The molecule has 3 rings (SSSR count). The second-order valence-corrected chi connectivity index (χ2v) is 8.14. The Kier molecular flexibility index (Phi) is 5.41. The molecule has 142 valence electrons. The van der Waals surface area contributed by atoms with Crippen molar-refractivity contribution in [3.05, 3.63) is 34.9 Å². The number of fused-ring (bicyclic) bond motifs is 1. The fourth-order valence-corrected chi connectivity index (χ4v) is 3.70. The van der Waals surface area contributed by atoms with Gasteiger partial charge in [0.05, 0.1) is 34.5 Å². The van der Waals surface area contributed by atoms with Crippen LogP contribution < -0.4 is 15.4 Å². The number of nitrogens with zero attached hydrogens (tertiary/aromatic N) is 2. The van der Waals surface area contributed by atoms with Crippen molar-refractivity contribution < 1.29 is 9.53 Å². The number of hydrogen-bond acceptors (Lipinski definition) is 6. The topological polar surface area (TPSA) is 75.6 Å². The predicted octanol–water partition coefficient (Wildman–Crippen LogP) is 4.03. The summed E-state index contributed by atoms with van der Waals surface area (Å²) in [4.78, 5) is 21.9. The number of aromatic nitrogens is 1. The summed E-state index contributed by atoms with van der Waals surface area (Å²) in [5.74, 6) is 0.638. The SMILES string of the molecule is CCOc1c(NC)cnc2ccc(/C=C3\SC(=NC(C)(C)C)NC3=O)cc12. The van der Waals surface area contributed by atoms with E-state index in [1.54, 1.807) is 6.20 Å². The van der Waals surface area contributed by atoms with Gasteiger partial charge in [0.2, 0.25) is 0 Å². The standard InChI is InChI=1S/C20H24N4O2S/c1-6-26-17-13-9-12(7-8-14(13)22-11-15(17)21-5)10-16-18(25)23-19(27-16)24-20(2,3)4/h7-11,21H,6H2,1-5H3,(H,23,24,25)/b16-10-. The molecule has 0 bridgehead atoms. The van der Waals surface area contributed by atoms with Crippen LogP contribution in [0.25, 0.3) is 17.0 Å². The lowest BCUT2D eigenvalue weighted by atomic mass is 10.1. The van der Waals surface area contributed by atoms with Crippen molar-refractivity contribution in [1.29, 1.82) is 0 Å². The number of amides is 1. The maximum atomic E-state index is 12.3. The Balaban J connectivity index is 2.00. The van der Waals surface area contributed by atoms with Gasteiger partial charge >= 0.3 is 0 Å². The highest BCUT2D eigenvalue weighted by Gasteiger charge is 2.25. The van der Waals surface area contributed by atoms with Gasteiger partial charge in [-0.2, -0.15) is 0 Å². The van der Waals surface area contributed by atoms with Gasteiger partial charge in [-0.3, -0.25) is 14.8 Å². The zero-order chi connectivity index (χ0) is 19.6. The van der Waals surface area contributed by atoms with Crippen LogP contribution in [0.2, 0.25) is 0 Å². The first-order valence-corrected chi connectivity index (χ1v) is 9.66. The quantitative estimate of drug-likeness (QED) is 0.779. The van der Waals surface area contributed by atoms with Crippen LogP contribution in [0.5, 0.6) is 5.75 Å². The average Bonchev–Trinajstić information content (AvgIpc) is 2.92. The summed E-state index contributed by atoms with van der Waals surface area (Å²) in [7, 11) is 1.84. The second-order valence-electron chi connectivity index (χ2n) is 7.11. The molecule has 1 aromatic heterocycles. The maximum absolute atomic E-state index is 12.3. The molecule has 2 heterocycles. The van der Waals surface area contributed by atoms with Gasteiger partial charge in [0, 0.05) is 12.4 Å². The summed E-state index contributed by atoms with van der Waals surface area (Å²) in [6, 6.07) is 5.88. The molecule has 27 heavy (non-hydrogen) atoms. The zero-order valence-electron chi connectivity index (χ0n) is 16.2. The summed E-state index contributed by atoms with van der Waals surface area (Å²) in [5.41, 5.74) is 2.35. The summed E-state index contributed by atoms with van der Waals surface area (Å²) in [5, 5.41) is 7.48. The number of carbonyl (C=O) groups excluding carboxylic acids is 1. The molecular formula is C20H24N4O2S. The van der Waals surface area contributed by atoms with Gasteiger partial charge in [-0.25, -0.2) is 0 Å². The van der Waals surface area contributed by atoms with Gasteiger partial charge < -0.3 is 15.4 Å². The monoisotopic (exact) mass is 384 g/mol. The second kappa shape index (κ2) is 7.60. The van der Waals surface area contributed by atoms with Crippen molar-refractivity contribution in [3.63, 3.8) is 0 Å². The van der Waals surface area contributed by atoms with Crippen LogP contribution in [0, 0.1) is 0 Å². The molecule has 2 aromatic rings. The molecule has 2 N–H and O–H groups in total. The van der Waals surface area contributed by atoms with E-state index in [4.69, 9.17) is 4.74 Å². The number of hydrogen-bond donors (Lipinski definition) is 2. The van der Waals surface area contributed by atoms with Crippen LogP contribution in [-0.4, -0.2) is 35.3 Å². The Labute approximate surface area is 163 Å². The minimum absolute atomic E-state index is 0.129. The van der Waals surface area contributed by atoms with E-state index in [1.165, 1.54) is 11.8 Å². The van der Waals surface area contributed by atoms with Gasteiger partial charge in [-0.1, -0.05) is 6.07 Å². The highest BCUT2D eigenvalue weighted by molar-refractivity contribution is 8.18. The zero-order valence-corrected chi connectivity index (χ0v) is 17.0. The van der Waals surface area contributed by atoms with Crippen LogP contribution in [0.1, 0.15) is 33.3 Å². The lowest BCUT2D eigenvalue weighted by Crippen LogP contribution is -2.23. The van der Waals surface area contributed by atoms with Crippen molar-refractivity contribution in [1.82, 2.24) is 10.3 Å². The molecule has 6 nitrogen and oxygen atoms in total. The third kappa shape index (κ3) is 4.42. The number of pyridine rings is 1. The van der Waals surface area contributed by atoms with Crippen LogP contribution in [0.4, 0.5) is 5.69 Å². The van der Waals surface area contributed by atoms with Gasteiger partial charge in [0.1, 0.15) is 0 Å². The molecule has 1 fully saturated rings. The van der Waals surface area contributed by atoms with Crippen molar-refractivity contribution in [2.75, 3.05) is 19.0 Å². The minimum Gasteiger partial charge on any atom is -0.491 e. The summed E-state index contributed by atoms with van der Waals surface area (Å²) in [6.45, 7) is 8.51. The lowest BCUT2D eigenvalue weighted by molar-refractivity contribution is -0.115.